The second-order valence-corrected chi connectivity index (χ2v) is 13.0. The molecule has 5 rings (SSSR count). The van der Waals surface area contributed by atoms with Crippen LogP contribution in [0.2, 0.25) is 0 Å². The fraction of sp³-hybridized carbons (Fsp3) is 0.529. The number of nitrogens with zero attached hydrogens (tertiary/aromatic N) is 3. The zero-order chi connectivity index (χ0) is 33.2. The molecule has 2 saturated heterocycles. The van der Waals surface area contributed by atoms with Gasteiger partial charge in [0.25, 0.3) is 6.43 Å². The highest BCUT2D eigenvalue weighted by atomic mass is 19.3. The molecule has 0 radical (unpaired) electrons. The first-order valence-corrected chi connectivity index (χ1v) is 15.6. The van der Waals surface area contributed by atoms with Crippen molar-refractivity contribution in [1.82, 2.24) is 14.4 Å². The first-order valence-electron chi connectivity index (χ1n) is 15.6. The number of ether oxygens (including phenoxy) is 4. The molecule has 250 valence electrons. The molecule has 2 fully saturated rings. The number of anilines is 1. The third-order valence-electron chi connectivity index (χ3n) is 8.49. The van der Waals surface area contributed by atoms with Gasteiger partial charge in [-0.3, -0.25) is 14.4 Å². The van der Waals surface area contributed by atoms with E-state index in [-0.39, 0.29) is 12.6 Å². The fourth-order valence-corrected chi connectivity index (χ4v) is 6.18. The van der Waals surface area contributed by atoms with Crippen molar-refractivity contribution < 1.29 is 37.3 Å². The lowest BCUT2D eigenvalue weighted by Crippen LogP contribution is -2.49. The number of aryl methyl sites for hydroxylation is 1. The van der Waals surface area contributed by atoms with E-state index in [0.29, 0.717) is 68.9 Å². The number of nitrogens with one attached hydrogen (secondary N) is 1. The van der Waals surface area contributed by atoms with E-state index in [9.17, 15) is 18.4 Å². The summed E-state index contributed by atoms with van der Waals surface area (Å²) in [5.41, 5.74) is 3.73. The van der Waals surface area contributed by atoms with Gasteiger partial charge in [0.05, 0.1) is 45.1 Å². The van der Waals surface area contributed by atoms with Gasteiger partial charge >= 0.3 is 12.1 Å². The van der Waals surface area contributed by atoms with Gasteiger partial charge in [0.2, 0.25) is 0 Å². The Kier molecular flexibility index (Phi) is 10.2. The highest BCUT2D eigenvalue weighted by Gasteiger charge is 2.32. The molecule has 1 N–H and O–H groups in total. The number of hydrogen-bond acceptors (Lipinski definition) is 9. The number of rotatable bonds is 10. The van der Waals surface area contributed by atoms with Crippen molar-refractivity contribution in [1.29, 1.82) is 0 Å². The molecule has 3 aromatic rings. The number of piperazine rings is 1. The summed E-state index contributed by atoms with van der Waals surface area (Å²) >= 11 is 0. The quantitative estimate of drug-likeness (QED) is 0.279. The number of halogens is 2. The summed E-state index contributed by atoms with van der Waals surface area (Å²) in [7, 11) is 2.96. The number of aromatic nitrogens is 1. The van der Waals surface area contributed by atoms with Crippen LogP contribution in [0.3, 0.4) is 0 Å². The Balaban J connectivity index is 1.53. The maximum atomic E-state index is 13.6. The van der Waals surface area contributed by atoms with Crippen LogP contribution in [-0.4, -0.2) is 98.6 Å². The fourth-order valence-electron chi connectivity index (χ4n) is 6.18. The van der Waals surface area contributed by atoms with Gasteiger partial charge < -0.3 is 24.3 Å². The Bertz CT molecular complexity index is 1570. The summed E-state index contributed by atoms with van der Waals surface area (Å²) in [6.07, 6.45) is -1.22. The van der Waals surface area contributed by atoms with Gasteiger partial charge in [-0.2, -0.15) is 0 Å². The Morgan fingerprint density at radius 1 is 1.11 bits per heavy atom. The van der Waals surface area contributed by atoms with Crippen LogP contribution >= 0.6 is 0 Å². The van der Waals surface area contributed by atoms with Crippen LogP contribution in [0.5, 0.6) is 5.75 Å². The highest BCUT2D eigenvalue weighted by molar-refractivity contribution is 5.96. The molecule has 1 aromatic heterocycles. The minimum absolute atomic E-state index is 0.277. The van der Waals surface area contributed by atoms with Crippen LogP contribution in [-0.2, 0) is 20.8 Å². The van der Waals surface area contributed by atoms with E-state index in [0.717, 1.165) is 27.6 Å². The maximum absolute atomic E-state index is 13.6. The van der Waals surface area contributed by atoms with Crippen LogP contribution in [0.25, 0.3) is 10.9 Å². The average Bonchev–Trinajstić information content (AvgIpc) is 3.43. The lowest BCUT2D eigenvalue weighted by atomic mass is 9.97. The predicted molar refractivity (Wildman–Crippen MR) is 171 cm³/mol. The Hall–Kier alpha value is -3.74. The Morgan fingerprint density at radius 3 is 2.50 bits per heavy atom. The van der Waals surface area contributed by atoms with Crippen molar-refractivity contribution in [2.45, 2.75) is 52.3 Å². The zero-order valence-electron chi connectivity index (χ0n) is 27.4. The molecule has 1 atom stereocenters. The van der Waals surface area contributed by atoms with Crippen molar-refractivity contribution in [3.63, 3.8) is 0 Å². The van der Waals surface area contributed by atoms with Gasteiger partial charge in [-0.05, 0) is 63.1 Å². The van der Waals surface area contributed by atoms with E-state index in [1.807, 2.05) is 52.0 Å². The molecule has 0 bridgehead atoms. The molecular weight excluding hydrogens is 598 g/mol. The third kappa shape index (κ3) is 7.45. The van der Waals surface area contributed by atoms with Gasteiger partial charge in [0, 0.05) is 67.5 Å². The van der Waals surface area contributed by atoms with Crippen molar-refractivity contribution >= 4 is 28.7 Å². The molecule has 0 saturated carbocycles. The molecule has 0 spiro atoms. The lowest BCUT2D eigenvalue weighted by molar-refractivity contribution is -0.0248. The van der Waals surface area contributed by atoms with E-state index in [2.05, 4.69) is 10.2 Å². The highest BCUT2D eigenvalue weighted by Crippen LogP contribution is 2.37. The number of carbonyl (C=O) groups is 2. The number of esters is 1. The topological polar surface area (TPSA) is 94.5 Å². The number of fused-ring (bicyclic) bond motifs is 1. The number of methoxy groups -OCH3 is 2. The van der Waals surface area contributed by atoms with Gasteiger partial charge in [-0.1, -0.05) is 6.07 Å². The molecule has 3 heterocycles. The summed E-state index contributed by atoms with van der Waals surface area (Å²) in [5.74, 6) is 0.554. The molecular formula is C34H44F2N4O6. The second kappa shape index (κ2) is 13.9. The van der Waals surface area contributed by atoms with Crippen LogP contribution in [0.4, 0.5) is 19.3 Å². The van der Waals surface area contributed by atoms with Crippen molar-refractivity contribution in [3.05, 3.63) is 58.8 Å². The van der Waals surface area contributed by atoms with Crippen LogP contribution in [0.1, 0.15) is 53.9 Å². The normalized spacial score (nSPS) is 18.1. The van der Waals surface area contributed by atoms with Crippen molar-refractivity contribution in [2.24, 2.45) is 5.92 Å². The third-order valence-corrected chi connectivity index (χ3v) is 8.49. The molecule has 2 aromatic carbocycles. The average molecular weight is 643 g/mol. The Morgan fingerprint density at radius 2 is 1.87 bits per heavy atom. The number of hydrogen-bond donors (Lipinski definition) is 1. The molecule has 12 heteroatoms. The molecule has 2 aliphatic heterocycles. The van der Waals surface area contributed by atoms with Crippen LogP contribution in [0.15, 0.2) is 36.5 Å². The number of carbonyl (C=O) groups excluding carboxylic acids is 2. The Labute approximate surface area is 268 Å². The second-order valence-electron chi connectivity index (χ2n) is 13.0. The predicted octanol–water partition coefficient (Wildman–Crippen LogP) is 5.71. The smallest absolute Gasteiger partial charge is 0.419 e. The molecule has 46 heavy (non-hydrogen) atoms. The lowest BCUT2D eigenvalue weighted by Gasteiger charge is -2.42. The monoisotopic (exact) mass is 642 g/mol. The number of benzene rings is 2. The van der Waals surface area contributed by atoms with E-state index in [4.69, 9.17) is 18.9 Å². The van der Waals surface area contributed by atoms with Crippen molar-refractivity contribution in [3.8, 4) is 5.75 Å². The maximum Gasteiger partial charge on any atom is 0.419 e. The molecule has 0 aliphatic carbocycles. The van der Waals surface area contributed by atoms with E-state index < -0.39 is 24.1 Å². The van der Waals surface area contributed by atoms with E-state index in [1.54, 1.807) is 24.3 Å². The molecule has 0 amide bonds. The summed E-state index contributed by atoms with van der Waals surface area (Å²) in [6, 6.07) is 9.06. The standard InChI is InChI=1S/C34H44F2N4O6/c1-21-13-29(43-5)26(24-9-10-40(31(21)24)33(42)46-34(2,3)4)16-39-12-11-38(18-30(35)36)17-28(39)23-7-8-25(32(41)44-6)27(14-23)37-15-22-19-45-20-22/h7-10,13-14,22,28,30,37H,11-12,15-20H2,1-6H3. The zero-order valence-corrected chi connectivity index (χ0v) is 27.4. The summed E-state index contributed by atoms with van der Waals surface area (Å²) < 4.78 is 50.5. The summed E-state index contributed by atoms with van der Waals surface area (Å²) in [5, 5.41) is 4.25. The minimum Gasteiger partial charge on any atom is -0.496 e. The van der Waals surface area contributed by atoms with Crippen LogP contribution in [0, 0.1) is 12.8 Å². The van der Waals surface area contributed by atoms with Gasteiger partial charge in [0.1, 0.15) is 11.4 Å². The van der Waals surface area contributed by atoms with Gasteiger partial charge in [-0.25, -0.2) is 18.4 Å². The van der Waals surface area contributed by atoms with Gasteiger partial charge in [-0.15, -0.1) is 0 Å². The molecule has 2 aliphatic rings. The summed E-state index contributed by atoms with van der Waals surface area (Å²) in [4.78, 5) is 29.8. The molecule has 10 nitrogen and oxygen atoms in total. The van der Waals surface area contributed by atoms with E-state index >= 15 is 0 Å². The first-order chi connectivity index (χ1) is 21.9. The first kappa shape index (κ1) is 33.6. The minimum atomic E-state index is -2.46. The SMILES string of the molecule is COC(=O)c1ccc(C2CN(CC(F)F)CCN2Cc2c(OC)cc(C)c3c2ccn3C(=O)OC(C)(C)C)cc1NCC1COC1. The van der Waals surface area contributed by atoms with Crippen LogP contribution < -0.4 is 10.1 Å². The molecule has 1 unspecified atom stereocenters. The van der Waals surface area contributed by atoms with E-state index in [1.165, 1.54) is 11.7 Å². The largest absolute Gasteiger partial charge is 0.496 e. The van der Waals surface area contributed by atoms with Crippen molar-refractivity contribution in [2.75, 3.05) is 65.5 Å². The van der Waals surface area contributed by atoms with Gasteiger partial charge in [0.15, 0.2) is 0 Å². The number of alkyl halides is 2. The summed E-state index contributed by atoms with van der Waals surface area (Å²) in [6.45, 7) is 10.8.